The van der Waals surface area contributed by atoms with Crippen LogP contribution in [0.5, 0.6) is 0 Å². The molecule has 27 heavy (non-hydrogen) atoms. The molecule has 0 aliphatic rings. The van der Waals surface area contributed by atoms with Crippen molar-refractivity contribution in [2.24, 2.45) is 0 Å². The van der Waals surface area contributed by atoms with Crippen LogP contribution in [-0.2, 0) is 17.8 Å². The van der Waals surface area contributed by atoms with E-state index in [2.05, 4.69) is 15.3 Å². The second-order valence-electron chi connectivity index (χ2n) is 5.67. The van der Waals surface area contributed by atoms with Gasteiger partial charge in [-0.2, -0.15) is 5.10 Å². The van der Waals surface area contributed by atoms with Gasteiger partial charge in [0.15, 0.2) is 6.61 Å². The summed E-state index contributed by atoms with van der Waals surface area (Å²) in [6.07, 6.45) is 2.31. The topological polar surface area (TPSA) is 83.0 Å². The molecule has 0 aliphatic carbocycles. The molecule has 0 spiro atoms. The molecule has 0 saturated carbocycles. The maximum Gasteiger partial charge on any atom is 0.342 e. The lowest BCUT2D eigenvalue weighted by Crippen LogP contribution is -2.06. The Bertz CT molecular complexity index is 1040. The highest BCUT2D eigenvalue weighted by atomic mass is 32.1. The number of hydrogen-bond donors (Lipinski definition) is 0. The van der Waals surface area contributed by atoms with Gasteiger partial charge in [-0.05, 0) is 23.6 Å². The van der Waals surface area contributed by atoms with E-state index in [0.717, 1.165) is 10.6 Å². The number of carbonyl (C=O) groups is 1. The highest BCUT2D eigenvalue weighted by Crippen LogP contribution is 2.28. The largest absolute Gasteiger partial charge is 0.452 e. The van der Waals surface area contributed by atoms with Crippen LogP contribution in [-0.4, -0.2) is 25.9 Å². The molecule has 3 heterocycles. The van der Waals surface area contributed by atoms with Crippen molar-refractivity contribution in [1.29, 1.82) is 0 Å². The van der Waals surface area contributed by atoms with Crippen molar-refractivity contribution in [2.75, 3.05) is 0 Å². The van der Waals surface area contributed by atoms with Gasteiger partial charge in [0, 0.05) is 12.6 Å². The summed E-state index contributed by atoms with van der Waals surface area (Å²) in [5.74, 6) is 0.294. The molecule has 0 saturated heterocycles. The Morgan fingerprint density at radius 3 is 2.67 bits per heavy atom. The van der Waals surface area contributed by atoms with Crippen LogP contribution in [0, 0.1) is 0 Å². The Morgan fingerprint density at radius 1 is 1.15 bits per heavy atom. The minimum atomic E-state index is -0.489. The van der Waals surface area contributed by atoms with E-state index >= 15 is 0 Å². The van der Waals surface area contributed by atoms with Gasteiger partial charge in [0.2, 0.25) is 5.89 Å². The number of rotatable bonds is 6. The van der Waals surface area contributed by atoms with Crippen molar-refractivity contribution in [3.63, 3.8) is 0 Å². The third-order valence-electron chi connectivity index (χ3n) is 3.85. The standard InChI is InChI=1S/C19H16N4O3S/c1-2-16-20-21-17(26-16)12-25-19(24)14-11-23(13-7-4-3-5-8-13)22-18(14)15-9-6-10-27-15/h3-11H,2,12H2,1H3. The molecule has 0 N–H and O–H groups in total. The summed E-state index contributed by atoms with van der Waals surface area (Å²) in [5.41, 5.74) is 1.83. The van der Waals surface area contributed by atoms with Crippen molar-refractivity contribution in [2.45, 2.75) is 20.0 Å². The molecule has 0 aliphatic heterocycles. The summed E-state index contributed by atoms with van der Waals surface area (Å²) < 4.78 is 12.4. The molecule has 0 bridgehead atoms. The molecular formula is C19H16N4O3S. The molecular weight excluding hydrogens is 364 g/mol. The summed E-state index contributed by atoms with van der Waals surface area (Å²) in [6.45, 7) is 1.83. The van der Waals surface area contributed by atoms with Gasteiger partial charge in [-0.25, -0.2) is 9.48 Å². The molecule has 1 aromatic carbocycles. The van der Waals surface area contributed by atoms with Crippen LogP contribution in [0.4, 0.5) is 0 Å². The molecule has 8 heteroatoms. The fraction of sp³-hybridized carbons (Fsp3) is 0.158. The first kappa shape index (κ1) is 17.2. The quantitative estimate of drug-likeness (QED) is 0.472. The van der Waals surface area contributed by atoms with Gasteiger partial charge in [0.05, 0.1) is 10.6 Å². The lowest BCUT2D eigenvalue weighted by atomic mass is 10.2. The van der Waals surface area contributed by atoms with Crippen LogP contribution in [0.25, 0.3) is 16.3 Å². The van der Waals surface area contributed by atoms with Crippen molar-refractivity contribution in [3.8, 4) is 16.3 Å². The number of carbonyl (C=O) groups excluding carboxylic acids is 1. The van der Waals surface area contributed by atoms with Crippen molar-refractivity contribution in [3.05, 3.63) is 71.4 Å². The van der Waals surface area contributed by atoms with Gasteiger partial charge in [-0.3, -0.25) is 0 Å². The number of nitrogens with zero attached hydrogens (tertiary/aromatic N) is 4. The van der Waals surface area contributed by atoms with E-state index in [1.165, 1.54) is 11.3 Å². The SMILES string of the molecule is CCc1nnc(COC(=O)c2cn(-c3ccccc3)nc2-c2cccs2)o1. The molecule has 136 valence electrons. The predicted octanol–water partition coefficient (Wildman–Crippen LogP) is 3.90. The van der Waals surface area contributed by atoms with E-state index in [9.17, 15) is 4.79 Å². The van der Waals surface area contributed by atoms with Crippen molar-refractivity contribution < 1.29 is 13.9 Å². The van der Waals surface area contributed by atoms with E-state index < -0.39 is 5.97 Å². The number of ether oxygens (including phenoxy) is 1. The Labute approximate surface area is 159 Å². The highest BCUT2D eigenvalue weighted by molar-refractivity contribution is 7.13. The van der Waals surface area contributed by atoms with Crippen LogP contribution in [0.15, 0.2) is 58.5 Å². The molecule has 4 aromatic rings. The Balaban J connectivity index is 1.62. The molecule has 4 rings (SSSR count). The number of hydrogen-bond acceptors (Lipinski definition) is 7. The molecule has 0 amide bonds. The number of esters is 1. The Kier molecular flexibility index (Phi) is 4.80. The van der Waals surface area contributed by atoms with Crippen LogP contribution in [0.3, 0.4) is 0 Å². The third-order valence-corrected chi connectivity index (χ3v) is 4.72. The zero-order valence-corrected chi connectivity index (χ0v) is 15.3. The van der Waals surface area contributed by atoms with Gasteiger partial charge >= 0.3 is 5.97 Å². The Morgan fingerprint density at radius 2 is 1.96 bits per heavy atom. The van der Waals surface area contributed by atoms with Crippen LogP contribution < -0.4 is 0 Å². The number of thiophene rings is 1. The maximum atomic E-state index is 12.7. The van der Waals surface area contributed by atoms with Gasteiger partial charge in [-0.1, -0.05) is 31.2 Å². The normalized spacial score (nSPS) is 10.9. The van der Waals surface area contributed by atoms with Gasteiger partial charge < -0.3 is 9.15 Å². The predicted molar refractivity (Wildman–Crippen MR) is 99.7 cm³/mol. The summed E-state index contributed by atoms with van der Waals surface area (Å²) in [6, 6.07) is 13.4. The minimum absolute atomic E-state index is 0.0772. The van der Waals surface area contributed by atoms with Gasteiger partial charge in [-0.15, -0.1) is 21.5 Å². The Hall–Kier alpha value is -3.26. The molecule has 0 atom stereocenters. The van der Waals surface area contributed by atoms with Crippen LogP contribution in [0.2, 0.25) is 0 Å². The highest BCUT2D eigenvalue weighted by Gasteiger charge is 2.21. The third kappa shape index (κ3) is 3.65. The average molecular weight is 380 g/mol. The lowest BCUT2D eigenvalue weighted by Gasteiger charge is -2.01. The van der Waals surface area contributed by atoms with E-state index in [4.69, 9.17) is 9.15 Å². The summed E-state index contributed by atoms with van der Waals surface area (Å²) in [4.78, 5) is 13.6. The lowest BCUT2D eigenvalue weighted by molar-refractivity contribution is 0.0437. The first-order chi connectivity index (χ1) is 13.2. The van der Waals surface area contributed by atoms with Crippen LogP contribution in [0.1, 0.15) is 29.1 Å². The van der Waals surface area contributed by atoms with E-state index in [0.29, 0.717) is 23.6 Å². The molecule has 0 fully saturated rings. The van der Waals surface area contributed by atoms with E-state index in [1.807, 2.05) is 54.8 Å². The van der Waals surface area contributed by atoms with E-state index in [-0.39, 0.29) is 12.5 Å². The molecule has 0 radical (unpaired) electrons. The molecule has 7 nitrogen and oxygen atoms in total. The number of para-hydroxylation sites is 1. The zero-order valence-electron chi connectivity index (χ0n) is 14.5. The number of aryl methyl sites for hydroxylation is 1. The number of aromatic nitrogens is 4. The van der Waals surface area contributed by atoms with Gasteiger partial charge in [0.25, 0.3) is 5.89 Å². The fourth-order valence-corrected chi connectivity index (χ4v) is 3.25. The first-order valence-corrected chi connectivity index (χ1v) is 9.30. The summed E-state index contributed by atoms with van der Waals surface area (Å²) in [7, 11) is 0. The second-order valence-corrected chi connectivity index (χ2v) is 6.62. The van der Waals surface area contributed by atoms with E-state index in [1.54, 1.807) is 10.9 Å². The number of benzene rings is 1. The fourth-order valence-electron chi connectivity index (χ4n) is 2.53. The van der Waals surface area contributed by atoms with Crippen LogP contribution >= 0.6 is 11.3 Å². The molecule has 3 aromatic heterocycles. The summed E-state index contributed by atoms with van der Waals surface area (Å²) >= 11 is 1.51. The zero-order chi connectivity index (χ0) is 18.6. The maximum absolute atomic E-state index is 12.7. The van der Waals surface area contributed by atoms with Crippen molar-refractivity contribution >= 4 is 17.3 Å². The first-order valence-electron chi connectivity index (χ1n) is 8.42. The monoisotopic (exact) mass is 380 g/mol. The average Bonchev–Trinajstić information content (AvgIpc) is 3.46. The smallest absolute Gasteiger partial charge is 0.342 e. The second kappa shape index (κ2) is 7.55. The van der Waals surface area contributed by atoms with Crippen molar-refractivity contribution in [1.82, 2.24) is 20.0 Å². The van der Waals surface area contributed by atoms with Gasteiger partial charge in [0.1, 0.15) is 11.3 Å². The summed E-state index contributed by atoms with van der Waals surface area (Å²) in [5, 5.41) is 14.3. The minimum Gasteiger partial charge on any atom is -0.452 e. The molecule has 0 unspecified atom stereocenters.